The highest BCUT2D eigenvalue weighted by Gasteiger charge is 2.29. The summed E-state index contributed by atoms with van der Waals surface area (Å²) in [6.45, 7) is 3.84. The topological polar surface area (TPSA) is 53.2 Å². The number of hydrogen-bond acceptors (Lipinski definition) is 2. The van der Waals surface area contributed by atoms with Gasteiger partial charge < -0.3 is 16.0 Å². The van der Waals surface area contributed by atoms with E-state index >= 15 is 0 Å². The first-order chi connectivity index (χ1) is 11.6. The molecule has 2 aromatic rings. The number of amides is 1. The van der Waals surface area contributed by atoms with Gasteiger partial charge in [0.25, 0.3) is 5.91 Å². The zero-order valence-corrected chi connectivity index (χ0v) is 14.4. The van der Waals surface area contributed by atoms with E-state index in [0.717, 1.165) is 22.5 Å². The van der Waals surface area contributed by atoms with Crippen LogP contribution in [0.5, 0.6) is 0 Å². The van der Waals surface area contributed by atoms with Crippen LogP contribution in [0, 0.1) is 6.92 Å². The van der Waals surface area contributed by atoms with E-state index in [4.69, 9.17) is 12.2 Å². The number of nitrogens with one attached hydrogen (secondary N) is 3. The van der Waals surface area contributed by atoms with Gasteiger partial charge in [-0.1, -0.05) is 48.5 Å². The smallest absolute Gasteiger partial charge is 0.255 e. The number of para-hydroxylation sites is 1. The molecule has 0 unspecified atom stereocenters. The van der Waals surface area contributed by atoms with Crippen LogP contribution in [0.4, 0.5) is 5.69 Å². The molecule has 0 aromatic heterocycles. The number of allylic oxidation sites excluding steroid dienone is 1. The zero-order valence-electron chi connectivity index (χ0n) is 13.6. The van der Waals surface area contributed by atoms with Gasteiger partial charge in [-0.2, -0.15) is 0 Å². The van der Waals surface area contributed by atoms with E-state index in [9.17, 15) is 4.79 Å². The lowest BCUT2D eigenvalue weighted by Gasteiger charge is -2.30. The average molecular weight is 337 g/mol. The fourth-order valence-electron chi connectivity index (χ4n) is 2.79. The lowest BCUT2D eigenvalue weighted by atomic mass is 9.95. The van der Waals surface area contributed by atoms with Crippen molar-refractivity contribution in [2.75, 3.05) is 5.32 Å². The van der Waals surface area contributed by atoms with Crippen molar-refractivity contribution in [3.63, 3.8) is 0 Å². The quantitative estimate of drug-likeness (QED) is 0.751. The number of carbonyl (C=O) groups is 1. The van der Waals surface area contributed by atoms with E-state index < -0.39 is 0 Å². The number of benzene rings is 2. The third kappa shape index (κ3) is 3.31. The van der Waals surface area contributed by atoms with Gasteiger partial charge in [0.1, 0.15) is 0 Å². The second kappa shape index (κ2) is 6.84. The van der Waals surface area contributed by atoms with E-state index in [1.165, 1.54) is 0 Å². The average Bonchev–Trinajstić information content (AvgIpc) is 2.57. The van der Waals surface area contributed by atoms with Crippen molar-refractivity contribution in [1.82, 2.24) is 10.6 Å². The third-order valence-corrected chi connectivity index (χ3v) is 4.26. The van der Waals surface area contributed by atoms with Crippen molar-refractivity contribution in [3.8, 4) is 0 Å². The number of carbonyl (C=O) groups excluding carboxylic acids is 1. The number of thiocarbonyl (C=S) groups is 1. The minimum Gasteiger partial charge on any atom is -0.351 e. The Bertz CT molecular complexity index is 814. The maximum atomic E-state index is 12.9. The second-order valence-corrected chi connectivity index (χ2v) is 6.16. The molecule has 0 spiro atoms. The summed E-state index contributed by atoms with van der Waals surface area (Å²) in [5.74, 6) is -0.141. The molecule has 1 heterocycles. The molecule has 122 valence electrons. The molecular formula is C19H19N3OS. The van der Waals surface area contributed by atoms with Gasteiger partial charge in [0, 0.05) is 11.4 Å². The Morgan fingerprint density at radius 1 is 1.04 bits per heavy atom. The Balaban J connectivity index is 1.95. The molecule has 0 bridgehead atoms. The molecule has 4 nitrogen and oxygen atoms in total. The van der Waals surface area contributed by atoms with Gasteiger partial charge in [-0.15, -0.1) is 0 Å². The minimum atomic E-state index is -0.274. The van der Waals surface area contributed by atoms with Crippen LogP contribution >= 0.6 is 12.2 Å². The summed E-state index contributed by atoms with van der Waals surface area (Å²) in [7, 11) is 0. The maximum absolute atomic E-state index is 12.9. The molecule has 0 radical (unpaired) electrons. The fourth-order valence-corrected chi connectivity index (χ4v) is 3.06. The highest BCUT2D eigenvalue weighted by Crippen LogP contribution is 2.28. The van der Waals surface area contributed by atoms with Crippen molar-refractivity contribution < 1.29 is 4.79 Å². The van der Waals surface area contributed by atoms with Crippen LogP contribution in [0.15, 0.2) is 65.9 Å². The van der Waals surface area contributed by atoms with Crippen LogP contribution in [0.3, 0.4) is 0 Å². The summed E-state index contributed by atoms with van der Waals surface area (Å²) in [6, 6.07) is 17.3. The van der Waals surface area contributed by atoms with Crippen molar-refractivity contribution in [2.45, 2.75) is 19.9 Å². The molecule has 2 aromatic carbocycles. The van der Waals surface area contributed by atoms with E-state index in [0.29, 0.717) is 10.7 Å². The first-order valence-electron chi connectivity index (χ1n) is 7.76. The van der Waals surface area contributed by atoms with Crippen LogP contribution in [-0.4, -0.2) is 11.0 Å². The standard InChI is InChI=1S/C19H19N3OS/c1-12-8-6-7-11-15(12)21-18(23)16-13(2)20-19(24)22-17(16)14-9-4-3-5-10-14/h3-11,17H,1-2H3,(H,21,23)(H2,20,22,24)/t17-/m0/s1. The molecular weight excluding hydrogens is 318 g/mol. The van der Waals surface area contributed by atoms with Crippen molar-refractivity contribution >= 4 is 28.9 Å². The number of anilines is 1. The number of hydrogen-bond donors (Lipinski definition) is 3. The van der Waals surface area contributed by atoms with Crippen molar-refractivity contribution in [3.05, 3.63) is 77.0 Å². The SMILES string of the molecule is CC1=C(C(=O)Nc2ccccc2C)[C@H](c2ccccc2)NC(=S)N1. The van der Waals surface area contributed by atoms with Crippen LogP contribution in [0.2, 0.25) is 0 Å². The predicted octanol–water partition coefficient (Wildman–Crippen LogP) is 3.43. The number of aryl methyl sites for hydroxylation is 1. The summed E-state index contributed by atoms with van der Waals surface area (Å²) in [4.78, 5) is 12.9. The highest BCUT2D eigenvalue weighted by molar-refractivity contribution is 7.80. The normalized spacial score (nSPS) is 17.1. The van der Waals surface area contributed by atoms with Crippen molar-refractivity contribution in [1.29, 1.82) is 0 Å². The first kappa shape index (κ1) is 16.2. The highest BCUT2D eigenvalue weighted by atomic mass is 32.1. The Labute approximate surface area is 147 Å². The zero-order chi connectivity index (χ0) is 17.1. The van der Waals surface area contributed by atoms with Gasteiger partial charge in [-0.3, -0.25) is 4.79 Å². The molecule has 1 amide bonds. The summed E-state index contributed by atoms with van der Waals surface area (Å²) >= 11 is 5.26. The molecule has 1 aliphatic heterocycles. The monoisotopic (exact) mass is 337 g/mol. The molecule has 0 saturated heterocycles. The summed E-state index contributed by atoms with van der Waals surface area (Å²) in [5, 5.41) is 9.77. The summed E-state index contributed by atoms with van der Waals surface area (Å²) in [6.07, 6.45) is 0. The number of rotatable bonds is 3. The van der Waals surface area contributed by atoms with Gasteiger partial charge in [-0.05, 0) is 43.3 Å². The Morgan fingerprint density at radius 3 is 2.42 bits per heavy atom. The Kier molecular flexibility index (Phi) is 4.62. The lowest BCUT2D eigenvalue weighted by molar-refractivity contribution is -0.113. The maximum Gasteiger partial charge on any atom is 0.255 e. The van der Waals surface area contributed by atoms with E-state index in [-0.39, 0.29) is 11.9 Å². The third-order valence-electron chi connectivity index (χ3n) is 4.04. The van der Waals surface area contributed by atoms with E-state index in [1.54, 1.807) is 0 Å². The molecule has 1 aliphatic rings. The molecule has 3 N–H and O–H groups in total. The van der Waals surface area contributed by atoms with Crippen molar-refractivity contribution in [2.24, 2.45) is 0 Å². The fraction of sp³-hybridized carbons (Fsp3) is 0.158. The lowest BCUT2D eigenvalue weighted by Crippen LogP contribution is -2.45. The van der Waals surface area contributed by atoms with Gasteiger partial charge in [0.15, 0.2) is 5.11 Å². The molecule has 24 heavy (non-hydrogen) atoms. The second-order valence-electron chi connectivity index (χ2n) is 5.75. The van der Waals surface area contributed by atoms with Gasteiger partial charge >= 0.3 is 0 Å². The molecule has 3 rings (SSSR count). The van der Waals surface area contributed by atoms with Crippen LogP contribution in [0.25, 0.3) is 0 Å². The van der Waals surface area contributed by atoms with Crippen LogP contribution in [-0.2, 0) is 4.79 Å². The Morgan fingerprint density at radius 2 is 1.71 bits per heavy atom. The summed E-state index contributed by atoms with van der Waals surface area (Å²) in [5.41, 5.74) is 4.22. The molecule has 0 saturated carbocycles. The summed E-state index contributed by atoms with van der Waals surface area (Å²) < 4.78 is 0. The largest absolute Gasteiger partial charge is 0.351 e. The minimum absolute atomic E-state index is 0.141. The molecule has 1 atom stereocenters. The molecule has 0 aliphatic carbocycles. The predicted molar refractivity (Wildman–Crippen MR) is 101 cm³/mol. The molecule has 5 heteroatoms. The van der Waals surface area contributed by atoms with E-state index in [1.807, 2.05) is 68.4 Å². The first-order valence-corrected chi connectivity index (χ1v) is 8.17. The van der Waals surface area contributed by atoms with Gasteiger partial charge in [-0.25, -0.2) is 0 Å². The van der Waals surface area contributed by atoms with Crippen LogP contribution in [0.1, 0.15) is 24.1 Å². The van der Waals surface area contributed by atoms with Crippen LogP contribution < -0.4 is 16.0 Å². The van der Waals surface area contributed by atoms with Gasteiger partial charge in [0.2, 0.25) is 0 Å². The molecule has 0 fully saturated rings. The van der Waals surface area contributed by atoms with E-state index in [2.05, 4.69) is 16.0 Å². The van der Waals surface area contributed by atoms with Gasteiger partial charge in [0.05, 0.1) is 11.6 Å². The Hall–Kier alpha value is -2.66.